The van der Waals surface area contributed by atoms with Crippen molar-refractivity contribution in [2.24, 2.45) is 0 Å². The Morgan fingerprint density at radius 1 is 1.07 bits per heavy atom. The number of rotatable bonds is 5. The van der Waals surface area contributed by atoms with Crippen LogP contribution in [-0.2, 0) is 4.74 Å². The van der Waals surface area contributed by atoms with Gasteiger partial charge in [-0.15, -0.1) is 10.2 Å². The zero-order valence-electron chi connectivity index (χ0n) is 16.1. The number of carboxylic acid groups (broad SMARTS) is 1. The van der Waals surface area contributed by atoms with E-state index in [9.17, 15) is 15.2 Å². The highest BCUT2D eigenvalue weighted by Gasteiger charge is 2.23. The summed E-state index contributed by atoms with van der Waals surface area (Å²) in [5, 5.41) is 29.5. The fourth-order valence-electron chi connectivity index (χ4n) is 3.26. The number of hydrogen-bond acceptors (Lipinski definition) is 7. The molecule has 1 aromatic heterocycles. The number of carboxylic acids is 1. The molecular formula is C22H18N5O3-. The Hall–Kier alpha value is -3.96. The minimum absolute atomic E-state index is 0.0766. The topological polar surface area (TPSA) is 107 Å². The van der Waals surface area contributed by atoms with E-state index in [2.05, 4.69) is 21.2 Å². The molecule has 30 heavy (non-hydrogen) atoms. The number of ether oxygens (including phenoxy) is 1. The lowest BCUT2D eigenvalue weighted by Gasteiger charge is -2.28. The second-order valence-corrected chi connectivity index (χ2v) is 6.67. The van der Waals surface area contributed by atoms with Gasteiger partial charge in [0.1, 0.15) is 6.07 Å². The molecule has 1 aliphatic heterocycles. The van der Waals surface area contributed by atoms with Crippen molar-refractivity contribution in [1.29, 1.82) is 5.26 Å². The second kappa shape index (κ2) is 8.59. The van der Waals surface area contributed by atoms with Crippen LogP contribution in [0.5, 0.6) is 0 Å². The Kier molecular flexibility index (Phi) is 5.54. The van der Waals surface area contributed by atoms with Crippen LogP contribution in [0.15, 0.2) is 54.6 Å². The predicted octanol–water partition coefficient (Wildman–Crippen LogP) is 1.53. The van der Waals surface area contributed by atoms with Crippen molar-refractivity contribution in [3.63, 3.8) is 0 Å². The summed E-state index contributed by atoms with van der Waals surface area (Å²) in [6.45, 7) is 2.56. The molecule has 1 fully saturated rings. The van der Waals surface area contributed by atoms with Crippen LogP contribution in [0.25, 0.3) is 17.3 Å². The lowest BCUT2D eigenvalue weighted by molar-refractivity contribution is -0.255. The first kappa shape index (κ1) is 19.4. The maximum atomic E-state index is 11.0. The SMILES string of the molecule is N#C/C(=C\c1ccc(C(=O)[O-])cc1)c1nnc(N2CCOCC2)n1-c1ccccc1. The molecule has 0 N–H and O–H groups in total. The minimum atomic E-state index is -1.25. The van der Waals surface area contributed by atoms with E-state index in [0.717, 1.165) is 5.69 Å². The van der Waals surface area contributed by atoms with Gasteiger partial charge >= 0.3 is 0 Å². The third-order valence-electron chi connectivity index (χ3n) is 4.77. The summed E-state index contributed by atoms with van der Waals surface area (Å²) in [7, 11) is 0. The molecule has 0 spiro atoms. The van der Waals surface area contributed by atoms with Crippen molar-refractivity contribution in [3.8, 4) is 11.8 Å². The maximum Gasteiger partial charge on any atom is 0.232 e. The van der Waals surface area contributed by atoms with Crippen molar-refractivity contribution in [3.05, 3.63) is 71.5 Å². The molecule has 0 bridgehead atoms. The third-order valence-corrected chi connectivity index (χ3v) is 4.77. The quantitative estimate of drug-likeness (QED) is 0.598. The number of aromatic nitrogens is 3. The van der Waals surface area contributed by atoms with Gasteiger partial charge in [-0.1, -0.05) is 42.5 Å². The third kappa shape index (κ3) is 3.92. The average molecular weight is 400 g/mol. The molecule has 0 amide bonds. The number of carbonyl (C=O) groups excluding carboxylic acids is 1. The Bertz CT molecular complexity index is 1110. The van der Waals surface area contributed by atoms with Crippen LogP contribution < -0.4 is 10.0 Å². The fourth-order valence-corrected chi connectivity index (χ4v) is 3.26. The molecule has 0 saturated carbocycles. The van der Waals surface area contributed by atoms with Crippen LogP contribution in [0.1, 0.15) is 21.7 Å². The molecular weight excluding hydrogens is 382 g/mol. The van der Waals surface area contributed by atoms with Crippen LogP contribution >= 0.6 is 0 Å². The van der Waals surface area contributed by atoms with E-state index >= 15 is 0 Å². The van der Waals surface area contributed by atoms with Crippen molar-refractivity contribution >= 4 is 23.6 Å². The molecule has 0 radical (unpaired) electrons. The zero-order valence-corrected chi connectivity index (χ0v) is 16.1. The Balaban J connectivity index is 1.79. The standard InChI is InChI=1S/C22H19N5O3/c23-15-18(14-16-6-8-17(9-7-16)21(28)29)20-24-25-22(26-10-12-30-13-11-26)27(20)19-4-2-1-3-5-19/h1-9,14H,10-13H2,(H,28,29)/p-1/b18-14+. The molecule has 3 aromatic rings. The molecule has 0 unspecified atom stereocenters. The Morgan fingerprint density at radius 3 is 2.40 bits per heavy atom. The first-order valence-corrected chi connectivity index (χ1v) is 9.44. The van der Waals surface area contributed by atoms with Crippen molar-refractivity contribution in [2.45, 2.75) is 0 Å². The number of nitrogens with zero attached hydrogens (tertiary/aromatic N) is 5. The van der Waals surface area contributed by atoms with Crippen molar-refractivity contribution < 1.29 is 14.6 Å². The van der Waals surface area contributed by atoms with Crippen molar-refractivity contribution in [1.82, 2.24) is 14.8 Å². The van der Waals surface area contributed by atoms with Crippen molar-refractivity contribution in [2.75, 3.05) is 31.2 Å². The monoisotopic (exact) mass is 400 g/mol. The number of anilines is 1. The van der Waals surface area contributed by atoms with E-state index in [1.54, 1.807) is 18.2 Å². The molecule has 0 aliphatic carbocycles. The Labute approximate surface area is 173 Å². The van der Waals surface area contributed by atoms with Crippen LogP contribution in [-0.4, -0.2) is 47.0 Å². The van der Waals surface area contributed by atoms with Gasteiger partial charge in [0.25, 0.3) is 0 Å². The van der Waals surface area contributed by atoms with Crippen LogP contribution in [0, 0.1) is 11.3 Å². The zero-order chi connectivity index (χ0) is 20.9. The van der Waals surface area contributed by atoms with E-state index < -0.39 is 5.97 Å². The number of benzene rings is 2. The molecule has 1 aliphatic rings. The number of aromatic carboxylic acids is 1. The number of nitriles is 1. The molecule has 4 rings (SSSR count). The van der Waals surface area contributed by atoms with E-state index in [4.69, 9.17) is 4.74 Å². The highest BCUT2D eigenvalue weighted by molar-refractivity contribution is 5.89. The maximum absolute atomic E-state index is 11.0. The first-order valence-electron chi connectivity index (χ1n) is 9.44. The molecule has 1 saturated heterocycles. The summed E-state index contributed by atoms with van der Waals surface area (Å²) >= 11 is 0. The van der Waals surface area contributed by atoms with E-state index in [-0.39, 0.29) is 5.56 Å². The van der Waals surface area contributed by atoms with Gasteiger partial charge in [-0.05, 0) is 29.3 Å². The molecule has 2 aromatic carbocycles. The van der Waals surface area contributed by atoms with Gasteiger partial charge in [-0.2, -0.15) is 5.26 Å². The second-order valence-electron chi connectivity index (χ2n) is 6.67. The summed E-state index contributed by atoms with van der Waals surface area (Å²) in [4.78, 5) is 13.0. The first-order chi connectivity index (χ1) is 14.7. The summed E-state index contributed by atoms with van der Waals surface area (Å²) < 4.78 is 7.30. The van der Waals surface area contributed by atoms with Gasteiger partial charge in [0, 0.05) is 13.1 Å². The average Bonchev–Trinajstić information content (AvgIpc) is 3.24. The molecule has 8 nitrogen and oxygen atoms in total. The van der Waals surface area contributed by atoms with E-state index in [1.165, 1.54) is 12.1 Å². The molecule has 2 heterocycles. The molecule has 0 atom stereocenters. The van der Waals surface area contributed by atoms with Gasteiger partial charge in [0.05, 0.1) is 30.4 Å². The Morgan fingerprint density at radius 2 is 1.77 bits per heavy atom. The summed E-state index contributed by atoms with van der Waals surface area (Å²) in [6.07, 6.45) is 1.66. The van der Waals surface area contributed by atoms with Gasteiger partial charge in [-0.3, -0.25) is 4.57 Å². The highest BCUT2D eigenvalue weighted by atomic mass is 16.5. The number of allylic oxidation sites excluding steroid dienone is 1. The molecule has 150 valence electrons. The van der Waals surface area contributed by atoms with Crippen LogP contribution in [0.4, 0.5) is 5.95 Å². The largest absolute Gasteiger partial charge is 0.545 e. The summed E-state index contributed by atoms with van der Waals surface area (Å²) in [5.41, 5.74) is 1.90. The summed E-state index contributed by atoms with van der Waals surface area (Å²) in [5.74, 6) is -0.188. The van der Waals surface area contributed by atoms with Gasteiger partial charge < -0.3 is 19.5 Å². The molecule has 8 heteroatoms. The summed E-state index contributed by atoms with van der Waals surface area (Å²) in [6, 6.07) is 17.9. The smallest absolute Gasteiger partial charge is 0.232 e. The lowest BCUT2D eigenvalue weighted by Crippen LogP contribution is -2.38. The normalized spacial score (nSPS) is 14.4. The van der Waals surface area contributed by atoms with Gasteiger partial charge in [-0.25, -0.2) is 0 Å². The lowest BCUT2D eigenvalue weighted by atomic mass is 10.1. The van der Waals surface area contributed by atoms with Gasteiger partial charge in [0.15, 0.2) is 5.82 Å². The van der Waals surface area contributed by atoms with Crippen LogP contribution in [0.3, 0.4) is 0 Å². The predicted molar refractivity (Wildman–Crippen MR) is 109 cm³/mol. The fraction of sp³-hybridized carbons (Fsp3) is 0.182. The number of morpholine rings is 1. The number of para-hydroxylation sites is 1. The minimum Gasteiger partial charge on any atom is -0.545 e. The van der Waals surface area contributed by atoms with E-state index in [1.807, 2.05) is 34.9 Å². The van der Waals surface area contributed by atoms with Crippen LogP contribution in [0.2, 0.25) is 0 Å². The number of hydrogen-bond donors (Lipinski definition) is 0. The number of carbonyl (C=O) groups is 1. The van der Waals surface area contributed by atoms with E-state index in [0.29, 0.717) is 49.2 Å². The highest BCUT2D eigenvalue weighted by Crippen LogP contribution is 2.26. The van der Waals surface area contributed by atoms with Gasteiger partial charge in [0.2, 0.25) is 5.95 Å².